The molecule has 5 rings (SSSR count). The lowest BCUT2D eigenvalue weighted by Crippen LogP contribution is -2.40. The van der Waals surface area contributed by atoms with Gasteiger partial charge < -0.3 is 9.47 Å². The zero-order valence-corrected chi connectivity index (χ0v) is 18.1. The molecule has 0 fully saturated rings. The van der Waals surface area contributed by atoms with Gasteiger partial charge in [-0.15, -0.1) is 0 Å². The maximum atomic E-state index is 13.5. The van der Waals surface area contributed by atoms with E-state index >= 15 is 0 Å². The summed E-state index contributed by atoms with van der Waals surface area (Å²) in [5, 5.41) is 0.567. The number of aromatic nitrogens is 4. The lowest BCUT2D eigenvalue weighted by Gasteiger charge is -2.32. The second kappa shape index (κ2) is 7.42. The van der Waals surface area contributed by atoms with Crippen LogP contribution in [0.1, 0.15) is 12.5 Å². The Morgan fingerprint density at radius 3 is 2.58 bits per heavy atom. The minimum Gasteiger partial charge on any atom is -0.312 e. The second-order valence-corrected chi connectivity index (χ2v) is 8.55. The molecule has 0 radical (unpaired) electrons. The maximum Gasteiger partial charge on any atom is 0.332 e. The summed E-state index contributed by atoms with van der Waals surface area (Å²) in [5.74, 6) is 0.995. The molecule has 0 saturated heterocycles. The van der Waals surface area contributed by atoms with Gasteiger partial charge in [0.2, 0.25) is 5.95 Å². The molecular weight excluding hydrogens is 414 g/mol. The molecule has 1 atom stereocenters. The number of aryl methyl sites for hydroxylation is 1. The van der Waals surface area contributed by atoms with E-state index < -0.39 is 5.69 Å². The van der Waals surface area contributed by atoms with E-state index in [1.165, 1.54) is 9.13 Å². The summed E-state index contributed by atoms with van der Waals surface area (Å²) in [6, 6.07) is 17.2. The number of para-hydroxylation sites is 1. The van der Waals surface area contributed by atoms with Gasteiger partial charge in [-0.1, -0.05) is 48.9 Å². The molecule has 0 saturated carbocycles. The van der Waals surface area contributed by atoms with Crippen LogP contribution >= 0.6 is 11.6 Å². The molecule has 1 aliphatic rings. The highest BCUT2D eigenvalue weighted by molar-refractivity contribution is 6.30. The van der Waals surface area contributed by atoms with Crippen molar-refractivity contribution >= 4 is 34.4 Å². The van der Waals surface area contributed by atoms with Gasteiger partial charge in [-0.25, -0.2) is 4.79 Å². The minimum atomic E-state index is -0.396. The van der Waals surface area contributed by atoms with E-state index in [0.29, 0.717) is 34.6 Å². The highest BCUT2D eigenvalue weighted by Crippen LogP contribution is 2.32. The van der Waals surface area contributed by atoms with Crippen LogP contribution in [0.2, 0.25) is 5.02 Å². The SMILES string of the molecule is C[C@@H]1CN(c2ccccc2)c2nc3c(c(=O)n(Cc4cccc(Cl)c4)c(=O)n3C)n2C1. The van der Waals surface area contributed by atoms with Gasteiger partial charge in [0.25, 0.3) is 5.56 Å². The Kier molecular flexibility index (Phi) is 4.70. The summed E-state index contributed by atoms with van der Waals surface area (Å²) in [6.45, 7) is 3.76. The van der Waals surface area contributed by atoms with E-state index in [1.807, 2.05) is 47.0 Å². The van der Waals surface area contributed by atoms with Gasteiger partial charge in [0.15, 0.2) is 11.2 Å². The van der Waals surface area contributed by atoms with E-state index in [0.717, 1.165) is 17.8 Å². The number of halogens is 1. The number of hydrogen-bond acceptors (Lipinski definition) is 4. The van der Waals surface area contributed by atoms with E-state index in [-0.39, 0.29) is 12.1 Å². The molecule has 0 unspecified atom stereocenters. The smallest absolute Gasteiger partial charge is 0.312 e. The molecule has 2 aromatic carbocycles. The van der Waals surface area contributed by atoms with E-state index in [1.54, 1.807) is 19.2 Å². The number of hydrogen-bond donors (Lipinski definition) is 0. The third-order valence-electron chi connectivity index (χ3n) is 5.74. The molecule has 8 heteroatoms. The summed E-state index contributed by atoms with van der Waals surface area (Å²) >= 11 is 6.09. The summed E-state index contributed by atoms with van der Waals surface area (Å²) in [5.41, 5.74) is 1.93. The lowest BCUT2D eigenvalue weighted by atomic mass is 10.1. The number of anilines is 2. The zero-order valence-electron chi connectivity index (χ0n) is 17.3. The van der Waals surface area contributed by atoms with Crippen LogP contribution in [-0.2, 0) is 20.1 Å². The first kappa shape index (κ1) is 19.6. The standard InChI is InChI=1S/C23H22ClN5O2/c1-15-12-27(18-9-4-3-5-10-18)22-25-20-19(28(22)13-15)21(30)29(23(31)26(20)2)14-16-7-6-8-17(24)11-16/h3-11,15H,12-14H2,1-2H3/t15-/m1/s1. The number of nitrogens with zero attached hydrogens (tertiary/aromatic N) is 5. The summed E-state index contributed by atoms with van der Waals surface area (Å²) in [4.78, 5) is 33.4. The van der Waals surface area contributed by atoms with Crippen LogP contribution in [0.4, 0.5) is 11.6 Å². The van der Waals surface area contributed by atoms with Crippen LogP contribution in [0.3, 0.4) is 0 Å². The van der Waals surface area contributed by atoms with Crippen LogP contribution in [0.25, 0.3) is 11.2 Å². The summed E-state index contributed by atoms with van der Waals surface area (Å²) < 4.78 is 4.67. The third kappa shape index (κ3) is 3.25. The fourth-order valence-corrected chi connectivity index (χ4v) is 4.50. The van der Waals surface area contributed by atoms with Gasteiger partial charge in [0.1, 0.15) is 0 Å². The van der Waals surface area contributed by atoms with Crippen molar-refractivity contribution in [2.45, 2.75) is 20.0 Å². The van der Waals surface area contributed by atoms with Crippen LogP contribution < -0.4 is 16.1 Å². The lowest BCUT2D eigenvalue weighted by molar-refractivity contribution is 0.458. The fourth-order valence-electron chi connectivity index (χ4n) is 4.29. The van der Waals surface area contributed by atoms with Crippen LogP contribution in [-0.4, -0.2) is 25.2 Å². The van der Waals surface area contributed by atoms with Gasteiger partial charge >= 0.3 is 5.69 Å². The van der Waals surface area contributed by atoms with Gasteiger partial charge in [0.05, 0.1) is 6.54 Å². The van der Waals surface area contributed by atoms with E-state index in [9.17, 15) is 9.59 Å². The monoisotopic (exact) mass is 435 g/mol. The molecule has 1 aliphatic heterocycles. The maximum absolute atomic E-state index is 13.5. The second-order valence-electron chi connectivity index (χ2n) is 8.11. The molecule has 3 heterocycles. The first-order valence-corrected chi connectivity index (χ1v) is 10.6. The quantitative estimate of drug-likeness (QED) is 0.495. The molecule has 158 valence electrons. The first-order chi connectivity index (χ1) is 14.9. The van der Waals surface area contributed by atoms with Crippen molar-refractivity contribution in [3.05, 3.63) is 86.0 Å². The molecule has 31 heavy (non-hydrogen) atoms. The van der Waals surface area contributed by atoms with Crippen LogP contribution in [0, 0.1) is 5.92 Å². The summed E-state index contributed by atoms with van der Waals surface area (Å²) in [7, 11) is 1.66. The predicted molar refractivity (Wildman–Crippen MR) is 122 cm³/mol. The fraction of sp³-hybridized carbons (Fsp3) is 0.261. The Labute approximate surface area is 183 Å². The van der Waals surface area contributed by atoms with Crippen molar-refractivity contribution in [1.82, 2.24) is 18.7 Å². The largest absolute Gasteiger partial charge is 0.332 e. The number of imidazole rings is 1. The van der Waals surface area contributed by atoms with Crippen molar-refractivity contribution < 1.29 is 0 Å². The zero-order chi connectivity index (χ0) is 21.7. The Balaban J connectivity index is 1.73. The average Bonchev–Trinajstić information content (AvgIpc) is 3.15. The van der Waals surface area contributed by atoms with E-state index in [4.69, 9.17) is 16.6 Å². The number of benzene rings is 2. The topological polar surface area (TPSA) is 65.1 Å². The average molecular weight is 436 g/mol. The Bertz CT molecular complexity index is 1400. The molecule has 0 N–H and O–H groups in total. The van der Waals surface area contributed by atoms with E-state index in [2.05, 4.69) is 11.8 Å². The minimum absolute atomic E-state index is 0.153. The van der Waals surface area contributed by atoms with Gasteiger partial charge in [-0.05, 0) is 35.7 Å². The Hall–Kier alpha value is -3.32. The van der Waals surface area contributed by atoms with Crippen LogP contribution in [0.5, 0.6) is 0 Å². The van der Waals surface area contributed by atoms with Gasteiger partial charge in [-0.3, -0.25) is 13.9 Å². The highest BCUT2D eigenvalue weighted by atomic mass is 35.5. The molecule has 0 aliphatic carbocycles. The molecule has 2 aromatic heterocycles. The van der Waals surface area contributed by atoms with Crippen molar-refractivity contribution in [3.63, 3.8) is 0 Å². The normalized spacial score (nSPS) is 16.0. The molecule has 7 nitrogen and oxygen atoms in total. The molecule has 0 amide bonds. The van der Waals surface area contributed by atoms with Crippen molar-refractivity contribution in [2.75, 3.05) is 11.4 Å². The molecule has 0 bridgehead atoms. The van der Waals surface area contributed by atoms with Crippen molar-refractivity contribution in [3.8, 4) is 0 Å². The highest BCUT2D eigenvalue weighted by Gasteiger charge is 2.29. The van der Waals surface area contributed by atoms with Crippen molar-refractivity contribution in [1.29, 1.82) is 0 Å². The molecular formula is C23H22ClN5O2. The summed E-state index contributed by atoms with van der Waals surface area (Å²) in [6.07, 6.45) is 0. The van der Waals surface area contributed by atoms with Gasteiger partial charge in [-0.2, -0.15) is 4.98 Å². The predicted octanol–water partition coefficient (Wildman–Crippen LogP) is 3.39. The Morgan fingerprint density at radius 1 is 1.06 bits per heavy atom. The Morgan fingerprint density at radius 2 is 1.84 bits per heavy atom. The van der Waals surface area contributed by atoms with Crippen molar-refractivity contribution in [2.24, 2.45) is 13.0 Å². The first-order valence-electron chi connectivity index (χ1n) is 10.2. The van der Waals surface area contributed by atoms with Gasteiger partial charge in [0, 0.05) is 30.8 Å². The number of rotatable bonds is 3. The van der Waals surface area contributed by atoms with Crippen LogP contribution in [0.15, 0.2) is 64.2 Å². The third-order valence-corrected chi connectivity index (χ3v) is 5.97. The molecule has 4 aromatic rings. The number of fused-ring (bicyclic) bond motifs is 3. The molecule has 0 spiro atoms.